The molecule has 0 atom stereocenters. The summed E-state index contributed by atoms with van der Waals surface area (Å²) in [4.78, 5) is 29.2. The number of carbonyl (C=O) groups excluding carboxylic acids is 2. The van der Waals surface area contributed by atoms with Gasteiger partial charge < -0.3 is 15.1 Å². The van der Waals surface area contributed by atoms with Crippen molar-refractivity contribution in [2.24, 2.45) is 0 Å². The summed E-state index contributed by atoms with van der Waals surface area (Å²) in [5, 5.41) is 2.95. The van der Waals surface area contributed by atoms with Gasteiger partial charge in [0.1, 0.15) is 0 Å². The molecule has 0 aliphatic carbocycles. The van der Waals surface area contributed by atoms with Gasteiger partial charge in [-0.25, -0.2) is 0 Å². The summed E-state index contributed by atoms with van der Waals surface area (Å²) in [6, 6.07) is 24.8. The van der Waals surface area contributed by atoms with Crippen LogP contribution in [0.3, 0.4) is 0 Å². The van der Waals surface area contributed by atoms with Crippen LogP contribution in [-0.2, 0) is 0 Å². The summed E-state index contributed by atoms with van der Waals surface area (Å²) < 4.78 is 0. The van der Waals surface area contributed by atoms with E-state index in [-0.39, 0.29) is 11.8 Å². The zero-order valence-corrected chi connectivity index (χ0v) is 19.0. The molecule has 32 heavy (non-hydrogen) atoms. The molecule has 3 aromatic carbocycles. The number of rotatable bonds is 9. The van der Waals surface area contributed by atoms with E-state index in [1.165, 1.54) is 0 Å². The van der Waals surface area contributed by atoms with E-state index in [4.69, 9.17) is 0 Å². The zero-order valence-electron chi connectivity index (χ0n) is 19.0. The van der Waals surface area contributed by atoms with Gasteiger partial charge >= 0.3 is 0 Å². The highest BCUT2D eigenvalue weighted by atomic mass is 16.2. The molecular weight excluding hydrogens is 398 g/mol. The summed E-state index contributed by atoms with van der Waals surface area (Å²) in [5.41, 5.74) is 4.13. The Balaban J connectivity index is 1.60. The minimum Gasteiger partial charge on any atom is -0.351 e. The molecule has 3 rings (SSSR count). The number of benzene rings is 3. The SMILES string of the molecule is CCN(CC)CCNC(=O)c1ccc(N(C)C(=O)c2ccc(-c3ccccc3)cc2)cc1. The first-order chi connectivity index (χ1) is 15.5. The molecule has 0 heterocycles. The highest BCUT2D eigenvalue weighted by Crippen LogP contribution is 2.21. The predicted molar refractivity (Wildman–Crippen MR) is 131 cm³/mol. The third kappa shape index (κ3) is 5.83. The summed E-state index contributed by atoms with van der Waals surface area (Å²) in [6.45, 7) is 7.60. The van der Waals surface area contributed by atoms with Crippen LogP contribution in [0.1, 0.15) is 34.6 Å². The number of nitrogens with one attached hydrogen (secondary N) is 1. The monoisotopic (exact) mass is 429 g/mol. The molecule has 3 aromatic rings. The van der Waals surface area contributed by atoms with Crippen molar-refractivity contribution in [2.75, 3.05) is 38.1 Å². The van der Waals surface area contributed by atoms with Gasteiger partial charge in [-0.15, -0.1) is 0 Å². The lowest BCUT2D eigenvalue weighted by molar-refractivity contribution is 0.0948. The maximum absolute atomic E-state index is 12.9. The molecule has 2 amide bonds. The standard InChI is InChI=1S/C27H31N3O2/c1-4-30(5-2)20-19-28-26(31)23-15-17-25(18-16-23)29(3)27(32)24-13-11-22(12-14-24)21-9-7-6-8-10-21/h6-18H,4-5,19-20H2,1-3H3,(H,28,31). The van der Waals surface area contributed by atoms with Crippen molar-refractivity contribution in [3.05, 3.63) is 90.0 Å². The highest BCUT2D eigenvalue weighted by molar-refractivity contribution is 6.06. The van der Waals surface area contributed by atoms with Gasteiger partial charge in [-0.2, -0.15) is 0 Å². The lowest BCUT2D eigenvalue weighted by Gasteiger charge is -2.19. The van der Waals surface area contributed by atoms with Gasteiger partial charge in [-0.1, -0.05) is 56.3 Å². The Kier molecular flexibility index (Phi) is 8.17. The van der Waals surface area contributed by atoms with E-state index in [9.17, 15) is 9.59 Å². The second-order valence-corrected chi connectivity index (χ2v) is 7.64. The Morgan fingerprint density at radius 1 is 0.750 bits per heavy atom. The number of hydrogen-bond donors (Lipinski definition) is 1. The zero-order chi connectivity index (χ0) is 22.9. The predicted octanol–water partition coefficient (Wildman–Crippen LogP) is 4.70. The van der Waals surface area contributed by atoms with Crippen molar-refractivity contribution in [3.8, 4) is 11.1 Å². The lowest BCUT2D eigenvalue weighted by atomic mass is 10.0. The second-order valence-electron chi connectivity index (χ2n) is 7.64. The topological polar surface area (TPSA) is 52.7 Å². The molecule has 0 saturated heterocycles. The average molecular weight is 430 g/mol. The summed E-state index contributed by atoms with van der Waals surface area (Å²) >= 11 is 0. The molecule has 0 radical (unpaired) electrons. The first kappa shape index (κ1) is 23.2. The molecule has 0 spiro atoms. The van der Waals surface area contributed by atoms with Gasteiger partial charge in [0.25, 0.3) is 11.8 Å². The molecule has 0 saturated carbocycles. The van der Waals surface area contributed by atoms with Crippen molar-refractivity contribution >= 4 is 17.5 Å². The fourth-order valence-corrected chi connectivity index (χ4v) is 3.55. The number of hydrogen-bond acceptors (Lipinski definition) is 3. The van der Waals surface area contributed by atoms with Gasteiger partial charge in [-0.05, 0) is 60.6 Å². The highest BCUT2D eigenvalue weighted by Gasteiger charge is 2.14. The van der Waals surface area contributed by atoms with Crippen LogP contribution in [0.25, 0.3) is 11.1 Å². The van der Waals surface area contributed by atoms with Crippen LogP contribution in [-0.4, -0.2) is 49.9 Å². The fraction of sp³-hybridized carbons (Fsp3) is 0.259. The average Bonchev–Trinajstić information content (AvgIpc) is 2.86. The van der Waals surface area contributed by atoms with Crippen LogP contribution < -0.4 is 10.2 Å². The maximum atomic E-state index is 12.9. The van der Waals surface area contributed by atoms with E-state index >= 15 is 0 Å². The van der Waals surface area contributed by atoms with E-state index in [1.54, 1.807) is 36.2 Å². The largest absolute Gasteiger partial charge is 0.351 e. The number of carbonyl (C=O) groups is 2. The number of amides is 2. The molecule has 5 heteroatoms. The van der Waals surface area contributed by atoms with E-state index < -0.39 is 0 Å². The molecule has 0 unspecified atom stereocenters. The van der Waals surface area contributed by atoms with Crippen LogP contribution in [0.2, 0.25) is 0 Å². The van der Waals surface area contributed by atoms with Crippen molar-refractivity contribution in [2.45, 2.75) is 13.8 Å². The van der Waals surface area contributed by atoms with E-state index in [0.717, 1.165) is 36.4 Å². The Hall–Kier alpha value is -3.44. The molecule has 0 aromatic heterocycles. The van der Waals surface area contributed by atoms with Crippen molar-refractivity contribution in [3.63, 3.8) is 0 Å². The van der Waals surface area contributed by atoms with Gasteiger partial charge in [-0.3, -0.25) is 9.59 Å². The molecular formula is C27H31N3O2. The van der Waals surface area contributed by atoms with Gasteiger partial charge in [0.05, 0.1) is 0 Å². The number of likely N-dealkylation sites (N-methyl/N-ethyl adjacent to an activating group) is 1. The smallest absolute Gasteiger partial charge is 0.258 e. The van der Waals surface area contributed by atoms with Crippen molar-refractivity contribution < 1.29 is 9.59 Å². The molecule has 1 N–H and O–H groups in total. The third-order valence-corrected chi connectivity index (χ3v) is 5.67. The summed E-state index contributed by atoms with van der Waals surface area (Å²) in [5.74, 6) is -0.199. The first-order valence-corrected chi connectivity index (χ1v) is 11.1. The third-order valence-electron chi connectivity index (χ3n) is 5.67. The molecule has 5 nitrogen and oxygen atoms in total. The Labute approximate surface area is 190 Å². The Morgan fingerprint density at radius 2 is 1.31 bits per heavy atom. The molecule has 0 fully saturated rings. The summed E-state index contributed by atoms with van der Waals surface area (Å²) in [7, 11) is 1.74. The van der Waals surface area contributed by atoms with E-state index in [0.29, 0.717) is 17.7 Å². The van der Waals surface area contributed by atoms with Crippen LogP contribution in [0.15, 0.2) is 78.9 Å². The molecule has 0 aliphatic rings. The van der Waals surface area contributed by atoms with Crippen LogP contribution >= 0.6 is 0 Å². The normalized spacial score (nSPS) is 10.8. The first-order valence-electron chi connectivity index (χ1n) is 11.1. The van der Waals surface area contributed by atoms with Crippen LogP contribution in [0.4, 0.5) is 5.69 Å². The quantitative estimate of drug-likeness (QED) is 0.536. The van der Waals surface area contributed by atoms with Crippen molar-refractivity contribution in [1.82, 2.24) is 10.2 Å². The van der Waals surface area contributed by atoms with Gasteiger partial charge in [0, 0.05) is 37.0 Å². The molecule has 0 bridgehead atoms. The molecule has 166 valence electrons. The van der Waals surface area contributed by atoms with Gasteiger partial charge in [0.15, 0.2) is 0 Å². The minimum absolute atomic E-state index is 0.0963. The minimum atomic E-state index is -0.103. The van der Waals surface area contributed by atoms with Gasteiger partial charge in [0.2, 0.25) is 0 Å². The maximum Gasteiger partial charge on any atom is 0.258 e. The summed E-state index contributed by atoms with van der Waals surface area (Å²) in [6.07, 6.45) is 0. The van der Waals surface area contributed by atoms with E-state index in [1.807, 2.05) is 54.6 Å². The number of anilines is 1. The fourth-order valence-electron chi connectivity index (χ4n) is 3.55. The number of nitrogens with zero attached hydrogens (tertiary/aromatic N) is 2. The van der Waals surface area contributed by atoms with Crippen LogP contribution in [0, 0.1) is 0 Å². The van der Waals surface area contributed by atoms with Crippen molar-refractivity contribution in [1.29, 1.82) is 0 Å². The second kappa shape index (κ2) is 11.3. The molecule has 0 aliphatic heterocycles. The Morgan fingerprint density at radius 3 is 1.91 bits per heavy atom. The Bertz CT molecular complexity index is 1010. The van der Waals surface area contributed by atoms with E-state index in [2.05, 4.69) is 24.1 Å². The lowest BCUT2D eigenvalue weighted by Crippen LogP contribution is -2.34. The van der Waals surface area contributed by atoms with Crippen LogP contribution in [0.5, 0.6) is 0 Å².